The molecule has 1 unspecified atom stereocenters. The zero-order valence-corrected chi connectivity index (χ0v) is 12.1. The predicted octanol–water partition coefficient (Wildman–Crippen LogP) is 3.23. The number of aromatic amines is 1. The van der Waals surface area contributed by atoms with E-state index in [9.17, 15) is 13.6 Å². The lowest BCUT2D eigenvalue weighted by atomic mass is 9.94. The number of halogens is 2. The predicted molar refractivity (Wildman–Crippen MR) is 75.3 cm³/mol. The van der Waals surface area contributed by atoms with E-state index in [4.69, 9.17) is 0 Å². The summed E-state index contributed by atoms with van der Waals surface area (Å²) in [6.45, 7) is 3.24. The summed E-state index contributed by atoms with van der Waals surface area (Å²) in [5.74, 6) is -1.90. The molecule has 0 radical (unpaired) electrons. The lowest BCUT2D eigenvalue weighted by molar-refractivity contribution is 0.543. The molecule has 0 amide bonds. The van der Waals surface area contributed by atoms with Gasteiger partial charge in [0.25, 0.3) is 5.56 Å². The summed E-state index contributed by atoms with van der Waals surface area (Å²) >= 11 is 1.27. The van der Waals surface area contributed by atoms with E-state index in [0.717, 1.165) is 0 Å². The Labute approximate surface area is 119 Å². The number of H-pyrrole nitrogens is 1. The number of nitrogens with one attached hydrogen (secondary N) is 1. The fourth-order valence-electron chi connectivity index (χ4n) is 2.11. The number of thioether (sulfide) groups is 1. The molecule has 0 saturated carbocycles. The molecule has 1 atom stereocenters. The Hall–Kier alpha value is -1.69. The van der Waals surface area contributed by atoms with Gasteiger partial charge in [0.2, 0.25) is 0 Å². The normalized spacial score (nSPS) is 12.4. The van der Waals surface area contributed by atoms with Gasteiger partial charge in [-0.3, -0.25) is 4.79 Å². The van der Waals surface area contributed by atoms with Crippen LogP contribution < -0.4 is 5.56 Å². The van der Waals surface area contributed by atoms with Gasteiger partial charge in [-0.2, -0.15) is 0 Å². The minimum absolute atomic E-state index is 0.0687. The Balaban J connectivity index is 2.62. The topological polar surface area (TPSA) is 45.8 Å². The Morgan fingerprint density at radius 3 is 2.45 bits per heavy atom. The maximum atomic E-state index is 13.8. The highest BCUT2D eigenvalue weighted by atomic mass is 32.2. The van der Waals surface area contributed by atoms with Gasteiger partial charge in [0.15, 0.2) is 5.16 Å². The minimum atomic E-state index is -0.635. The average molecular weight is 296 g/mol. The van der Waals surface area contributed by atoms with Crippen LogP contribution in [0, 0.1) is 18.6 Å². The molecule has 6 heteroatoms. The van der Waals surface area contributed by atoms with Gasteiger partial charge in [-0.05, 0) is 25.3 Å². The molecule has 0 aliphatic heterocycles. The first-order valence-corrected chi connectivity index (χ1v) is 7.27. The maximum absolute atomic E-state index is 13.8. The number of benzene rings is 1. The Bertz CT molecular complexity index is 680. The molecule has 106 valence electrons. The summed E-state index contributed by atoms with van der Waals surface area (Å²) in [7, 11) is 0. The number of hydrogen-bond donors (Lipinski definition) is 1. The molecule has 1 N–H and O–H groups in total. The Morgan fingerprint density at radius 1 is 1.30 bits per heavy atom. The fourth-order valence-corrected chi connectivity index (χ4v) is 2.49. The Morgan fingerprint density at radius 2 is 1.90 bits per heavy atom. The SMILES string of the molecule is CSc1nc(C(C)c2c(F)cccc2F)c(C)c(=O)[nH]1. The van der Waals surface area contributed by atoms with Gasteiger partial charge in [-0.15, -0.1) is 0 Å². The number of aromatic nitrogens is 2. The number of nitrogens with zero attached hydrogens (tertiary/aromatic N) is 1. The van der Waals surface area contributed by atoms with Gasteiger partial charge in [0.05, 0.1) is 5.69 Å². The van der Waals surface area contributed by atoms with Crippen LogP contribution in [0.4, 0.5) is 8.78 Å². The highest BCUT2D eigenvalue weighted by Gasteiger charge is 2.22. The standard InChI is InChI=1S/C14H14F2N2OS/c1-7(11-9(15)5-4-6-10(11)16)12-8(2)13(19)18-14(17-12)20-3/h4-7H,1-3H3,(H,17,18,19). The van der Waals surface area contributed by atoms with E-state index in [-0.39, 0.29) is 11.1 Å². The van der Waals surface area contributed by atoms with E-state index in [1.807, 2.05) is 0 Å². The van der Waals surface area contributed by atoms with Crippen LogP contribution in [0.2, 0.25) is 0 Å². The molecule has 3 nitrogen and oxygen atoms in total. The van der Waals surface area contributed by atoms with E-state index >= 15 is 0 Å². The molecular weight excluding hydrogens is 282 g/mol. The first-order chi connectivity index (χ1) is 9.45. The summed E-state index contributed by atoms with van der Waals surface area (Å²) in [6.07, 6.45) is 1.77. The van der Waals surface area contributed by atoms with Gasteiger partial charge >= 0.3 is 0 Å². The van der Waals surface area contributed by atoms with Crippen LogP contribution in [0.5, 0.6) is 0 Å². The van der Waals surface area contributed by atoms with Crippen LogP contribution in [0.15, 0.2) is 28.2 Å². The van der Waals surface area contributed by atoms with Crippen LogP contribution in [0.1, 0.15) is 29.7 Å². The molecule has 2 aromatic rings. The van der Waals surface area contributed by atoms with Crippen molar-refractivity contribution in [1.82, 2.24) is 9.97 Å². The lowest BCUT2D eigenvalue weighted by Gasteiger charge is -2.15. The number of hydrogen-bond acceptors (Lipinski definition) is 3. The third-order valence-corrected chi connectivity index (χ3v) is 3.78. The van der Waals surface area contributed by atoms with Gasteiger partial charge in [-0.1, -0.05) is 24.8 Å². The van der Waals surface area contributed by atoms with Crippen LogP contribution in [0.3, 0.4) is 0 Å². The Kier molecular flexibility index (Phi) is 4.23. The molecule has 1 heterocycles. The van der Waals surface area contributed by atoms with Crippen molar-refractivity contribution in [3.8, 4) is 0 Å². The fraction of sp³-hybridized carbons (Fsp3) is 0.286. The van der Waals surface area contributed by atoms with E-state index < -0.39 is 17.6 Å². The van der Waals surface area contributed by atoms with Crippen LogP contribution >= 0.6 is 11.8 Å². The first-order valence-electron chi connectivity index (χ1n) is 6.04. The van der Waals surface area contributed by atoms with Crippen molar-refractivity contribution in [2.75, 3.05) is 6.26 Å². The van der Waals surface area contributed by atoms with Crippen molar-refractivity contribution < 1.29 is 8.78 Å². The molecule has 0 bridgehead atoms. The zero-order valence-electron chi connectivity index (χ0n) is 11.3. The van der Waals surface area contributed by atoms with Crippen LogP contribution in [-0.2, 0) is 0 Å². The maximum Gasteiger partial charge on any atom is 0.254 e. The summed E-state index contributed by atoms with van der Waals surface area (Å²) in [5, 5.41) is 0.430. The van der Waals surface area contributed by atoms with Gasteiger partial charge in [0, 0.05) is 17.0 Å². The first kappa shape index (κ1) is 14.7. The van der Waals surface area contributed by atoms with Crippen LogP contribution in [0.25, 0.3) is 0 Å². The van der Waals surface area contributed by atoms with E-state index in [1.54, 1.807) is 20.1 Å². The highest BCUT2D eigenvalue weighted by Crippen LogP contribution is 2.29. The monoisotopic (exact) mass is 296 g/mol. The van der Waals surface area contributed by atoms with Crippen molar-refractivity contribution >= 4 is 11.8 Å². The van der Waals surface area contributed by atoms with E-state index in [0.29, 0.717) is 16.4 Å². The summed E-state index contributed by atoms with van der Waals surface area (Å²) in [4.78, 5) is 18.7. The van der Waals surface area contributed by atoms with Gasteiger partial charge in [0.1, 0.15) is 11.6 Å². The highest BCUT2D eigenvalue weighted by molar-refractivity contribution is 7.98. The molecule has 0 saturated heterocycles. The van der Waals surface area contributed by atoms with Gasteiger partial charge < -0.3 is 4.98 Å². The molecule has 20 heavy (non-hydrogen) atoms. The lowest BCUT2D eigenvalue weighted by Crippen LogP contribution is -2.18. The van der Waals surface area contributed by atoms with E-state index in [1.165, 1.54) is 30.0 Å². The minimum Gasteiger partial charge on any atom is -0.301 e. The second kappa shape index (κ2) is 5.75. The summed E-state index contributed by atoms with van der Waals surface area (Å²) in [6, 6.07) is 3.71. The zero-order chi connectivity index (χ0) is 14.9. The van der Waals surface area contributed by atoms with Crippen molar-refractivity contribution in [2.24, 2.45) is 0 Å². The largest absolute Gasteiger partial charge is 0.301 e. The van der Waals surface area contributed by atoms with Crippen molar-refractivity contribution in [3.63, 3.8) is 0 Å². The summed E-state index contributed by atoms with van der Waals surface area (Å²) in [5.41, 5.74) is 0.406. The van der Waals surface area contributed by atoms with E-state index in [2.05, 4.69) is 9.97 Å². The van der Waals surface area contributed by atoms with Crippen molar-refractivity contribution in [3.05, 3.63) is 57.0 Å². The van der Waals surface area contributed by atoms with Crippen molar-refractivity contribution in [2.45, 2.75) is 24.9 Å². The molecule has 0 fully saturated rings. The quantitative estimate of drug-likeness (QED) is 0.698. The number of rotatable bonds is 3. The third kappa shape index (κ3) is 2.60. The van der Waals surface area contributed by atoms with Crippen molar-refractivity contribution in [1.29, 1.82) is 0 Å². The molecule has 1 aromatic carbocycles. The summed E-state index contributed by atoms with van der Waals surface area (Å²) < 4.78 is 27.7. The second-order valence-electron chi connectivity index (χ2n) is 4.44. The molecule has 2 rings (SSSR count). The molecule has 0 aliphatic rings. The van der Waals surface area contributed by atoms with Crippen LogP contribution in [-0.4, -0.2) is 16.2 Å². The molecule has 0 spiro atoms. The smallest absolute Gasteiger partial charge is 0.254 e. The second-order valence-corrected chi connectivity index (χ2v) is 5.24. The third-order valence-electron chi connectivity index (χ3n) is 3.20. The van der Waals surface area contributed by atoms with Gasteiger partial charge in [-0.25, -0.2) is 13.8 Å². The molecule has 1 aromatic heterocycles. The molecular formula is C14H14F2N2OS. The average Bonchev–Trinajstić information content (AvgIpc) is 2.41. The molecule has 0 aliphatic carbocycles.